The molecule has 0 amide bonds. The number of hydrogen-bond donors (Lipinski definition) is 0. The zero-order chi connectivity index (χ0) is 21.1. The molecule has 0 spiro atoms. The molecule has 1 aliphatic heterocycles. The number of hydrogen-bond acceptors (Lipinski definition) is 2. The summed E-state index contributed by atoms with van der Waals surface area (Å²) >= 11 is 0. The van der Waals surface area contributed by atoms with Gasteiger partial charge in [-0.1, -0.05) is 140 Å². The molecule has 1 aromatic rings. The zero-order valence-electron chi connectivity index (χ0n) is 19.8. The molecule has 2 rings (SSSR count). The number of unbranched alkanes of at least 4 members (excludes halogenated alkanes) is 15. The normalized spacial score (nSPS) is 16.6. The highest BCUT2D eigenvalue weighted by Gasteiger charge is 2.24. The molecule has 0 aromatic heterocycles. The van der Waals surface area contributed by atoms with Crippen molar-refractivity contribution in [3.05, 3.63) is 35.9 Å². The van der Waals surface area contributed by atoms with Crippen LogP contribution in [0, 0.1) is 0 Å². The molecule has 2 atom stereocenters. The monoisotopic (exact) mass is 416 g/mol. The van der Waals surface area contributed by atoms with Crippen molar-refractivity contribution < 1.29 is 9.47 Å². The van der Waals surface area contributed by atoms with Crippen LogP contribution < -0.4 is 0 Å². The SMILES string of the molecule is CCCCCCCCCCCCCCCCCCC(OCC1CO1)c1ccccc1. The maximum atomic E-state index is 6.15. The van der Waals surface area contributed by atoms with E-state index in [9.17, 15) is 0 Å². The Morgan fingerprint density at radius 3 is 1.67 bits per heavy atom. The highest BCUT2D eigenvalue weighted by molar-refractivity contribution is 5.17. The van der Waals surface area contributed by atoms with Crippen LogP contribution in [0.15, 0.2) is 30.3 Å². The molecule has 1 aromatic carbocycles. The standard InChI is InChI=1S/C28H48O2/c1-2-3-4-5-6-7-8-9-10-11-12-13-14-15-16-20-23-28(30-25-27-24-29-27)26-21-18-17-19-22-26/h17-19,21-22,27-28H,2-16,20,23-25H2,1H3. The molecule has 1 aliphatic rings. The molecule has 0 N–H and O–H groups in total. The highest BCUT2D eigenvalue weighted by Crippen LogP contribution is 2.26. The van der Waals surface area contributed by atoms with Crippen molar-refractivity contribution in [3.8, 4) is 0 Å². The predicted molar refractivity (Wildman–Crippen MR) is 129 cm³/mol. The van der Waals surface area contributed by atoms with Gasteiger partial charge in [0.25, 0.3) is 0 Å². The van der Waals surface area contributed by atoms with Gasteiger partial charge in [-0.25, -0.2) is 0 Å². The first-order valence-corrected chi connectivity index (χ1v) is 13.2. The van der Waals surface area contributed by atoms with Gasteiger partial charge in [0, 0.05) is 0 Å². The number of ether oxygens (including phenoxy) is 2. The van der Waals surface area contributed by atoms with Gasteiger partial charge in [-0.15, -0.1) is 0 Å². The largest absolute Gasteiger partial charge is 0.371 e. The van der Waals surface area contributed by atoms with Gasteiger partial charge in [-0.2, -0.15) is 0 Å². The fourth-order valence-electron chi connectivity index (χ4n) is 4.28. The Morgan fingerprint density at radius 2 is 1.20 bits per heavy atom. The minimum absolute atomic E-state index is 0.238. The van der Waals surface area contributed by atoms with Gasteiger partial charge in [0.15, 0.2) is 0 Å². The highest BCUT2D eigenvalue weighted by atomic mass is 16.6. The molecule has 2 heteroatoms. The maximum absolute atomic E-state index is 6.15. The Morgan fingerprint density at radius 1 is 0.733 bits per heavy atom. The summed E-state index contributed by atoms with van der Waals surface area (Å²) in [7, 11) is 0. The molecular weight excluding hydrogens is 368 g/mol. The van der Waals surface area contributed by atoms with Crippen LogP contribution >= 0.6 is 0 Å². The summed E-state index contributed by atoms with van der Waals surface area (Å²) in [6, 6.07) is 10.7. The van der Waals surface area contributed by atoms with E-state index in [1.165, 1.54) is 108 Å². The van der Waals surface area contributed by atoms with Crippen LogP contribution in [0.1, 0.15) is 128 Å². The molecule has 1 heterocycles. The van der Waals surface area contributed by atoms with E-state index in [1.807, 2.05) is 0 Å². The van der Waals surface area contributed by atoms with Crippen molar-refractivity contribution >= 4 is 0 Å². The number of benzene rings is 1. The first-order chi connectivity index (χ1) is 14.9. The molecule has 30 heavy (non-hydrogen) atoms. The van der Waals surface area contributed by atoms with Crippen LogP contribution in [0.3, 0.4) is 0 Å². The second-order valence-corrected chi connectivity index (χ2v) is 9.28. The van der Waals surface area contributed by atoms with Gasteiger partial charge >= 0.3 is 0 Å². The third-order valence-corrected chi connectivity index (χ3v) is 6.38. The topological polar surface area (TPSA) is 21.8 Å². The van der Waals surface area contributed by atoms with Crippen molar-refractivity contribution in [1.29, 1.82) is 0 Å². The average molecular weight is 417 g/mol. The second kappa shape index (κ2) is 17.8. The van der Waals surface area contributed by atoms with Crippen LogP contribution in [-0.2, 0) is 9.47 Å². The molecule has 1 fully saturated rings. The Hall–Kier alpha value is -0.860. The summed E-state index contributed by atoms with van der Waals surface area (Å²) in [4.78, 5) is 0. The van der Waals surface area contributed by atoms with E-state index in [2.05, 4.69) is 37.3 Å². The van der Waals surface area contributed by atoms with Gasteiger partial charge < -0.3 is 9.47 Å². The summed E-state index contributed by atoms with van der Waals surface area (Å²) in [6.07, 6.45) is 24.4. The molecule has 1 saturated heterocycles. The van der Waals surface area contributed by atoms with Gasteiger partial charge in [0.05, 0.1) is 19.3 Å². The van der Waals surface area contributed by atoms with Crippen molar-refractivity contribution in [3.63, 3.8) is 0 Å². The third-order valence-electron chi connectivity index (χ3n) is 6.38. The third kappa shape index (κ3) is 13.4. The van der Waals surface area contributed by atoms with Crippen LogP contribution in [0.4, 0.5) is 0 Å². The van der Waals surface area contributed by atoms with E-state index >= 15 is 0 Å². The van der Waals surface area contributed by atoms with Crippen molar-refractivity contribution in [1.82, 2.24) is 0 Å². The fraction of sp³-hybridized carbons (Fsp3) is 0.786. The molecule has 172 valence electrons. The van der Waals surface area contributed by atoms with Crippen molar-refractivity contribution in [2.24, 2.45) is 0 Å². The Labute approximate surface area is 187 Å². The Bertz CT molecular complexity index is 483. The predicted octanol–water partition coefficient (Wildman–Crippen LogP) is 8.79. The van der Waals surface area contributed by atoms with Crippen LogP contribution in [0.25, 0.3) is 0 Å². The van der Waals surface area contributed by atoms with Gasteiger partial charge in [0.2, 0.25) is 0 Å². The molecule has 2 unspecified atom stereocenters. The molecular formula is C28H48O2. The summed E-state index contributed by atoms with van der Waals surface area (Å²) in [5, 5.41) is 0. The maximum Gasteiger partial charge on any atom is 0.104 e. The lowest BCUT2D eigenvalue weighted by molar-refractivity contribution is 0.0346. The number of epoxide rings is 1. The van der Waals surface area contributed by atoms with Crippen molar-refractivity contribution in [2.45, 2.75) is 128 Å². The van der Waals surface area contributed by atoms with E-state index < -0.39 is 0 Å². The minimum Gasteiger partial charge on any atom is -0.371 e. The lowest BCUT2D eigenvalue weighted by Gasteiger charge is -2.18. The zero-order valence-corrected chi connectivity index (χ0v) is 19.8. The van der Waals surface area contributed by atoms with E-state index in [0.717, 1.165) is 19.6 Å². The van der Waals surface area contributed by atoms with Crippen LogP contribution in [0.2, 0.25) is 0 Å². The van der Waals surface area contributed by atoms with Crippen molar-refractivity contribution in [2.75, 3.05) is 13.2 Å². The summed E-state index contributed by atoms with van der Waals surface area (Å²) in [5.74, 6) is 0. The van der Waals surface area contributed by atoms with E-state index in [0.29, 0.717) is 6.10 Å². The van der Waals surface area contributed by atoms with Crippen LogP contribution in [-0.4, -0.2) is 19.3 Å². The van der Waals surface area contributed by atoms with Gasteiger partial charge in [-0.3, -0.25) is 0 Å². The van der Waals surface area contributed by atoms with Crippen LogP contribution in [0.5, 0.6) is 0 Å². The summed E-state index contributed by atoms with van der Waals surface area (Å²) in [5.41, 5.74) is 1.32. The second-order valence-electron chi connectivity index (χ2n) is 9.28. The molecule has 0 aliphatic carbocycles. The lowest BCUT2D eigenvalue weighted by Crippen LogP contribution is -2.09. The lowest BCUT2D eigenvalue weighted by atomic mass is 10.0. The van der Waals surface area contributed by atoms with E-state index in [4.69, 9.17) is 9.47 Å². The quantitative estimate of drug-likeness (QED) is 0.147. The van der Waals surface area contributed by atoms with E-state index in [1.54, 1.807) is 0 Å². The first-order valence-electron chi connectivity index (χ1n) is 13.2. The number of rotatable bonds is 21. The molecule has 0 bridgehead atoms. The fourth-order valence-corrected chi connectivity index (χ4v) is 4.28. The first kappa shape index (κ1) is 25.4. The summed E-state index contributed by atoms with van der Waals surface area (Å²) < 4.78 is 11.5. The Balaban J connectivity index is 1.37. The molecule has 0 saturated carbocycles. The molecule has 2 nitrogen and oxygen atoms in total. The van der Waals surface area contributed by atoms with E-state index in [-0.39, 0.29) is 6.10 Å². The Kier molecular flexibility index (Phi) is 15.1. The van der Waals surface area contributed by atoms with Gasteiger partial charge in [-0.05, 0) is 12.0 Å². The summed E-state index contributed by atoms with van der Waals surface area (Å²) in [6.45, 7) is 3.92. The smallest absolute Gasteiger partial charge is 0.104 e. The van der Waals surface area contributed by atoms with Gasteiger partial charge in [0.1, 0.15) is 6.10 Å². The minimum atomic E-state index is 0.238. The molecule has 0 radical (unpaired) electrons. The average Bonchev–Trinajstić information content (AvgIpc) is 3.60.